The number of Topliss-reactive ketones (excluding diaryl/α,β-unsaturated/α-hetero) is 1. The topological polar surface area (TPSA) is 90.6 Å². The lowest BCUT2D eigenvalue weighted by Crippen LogP contribution is -2.29. The molecule has 0 bridgehead atoms. The van der Waals surface area contributed by atoms with Gasteiger partial charge in [0.15, 0.2) is 0 Å². The van der Waals surface area contributed by atoms with Gasteiger partial charge in [-0.15, -0.1) is 0 Å². The quantitative estimate of drug-likeness (QED) is 0.256. The van der Waals surface area contributed by atoms with Gasteiger partial charge in [-0.3, -0.25) is 14.5 Å². The fraction of sp³-hybridized carbons (Fsp3) is 0.148. The molecule has 1 aliphatic rings. The first-order chi connectivity index (χ1) is 16.4. The van der Waals surface area contributed by atoms with Gasteiger partial charge in [-0.1, -0.05) is 47.1 Å². The molecule has 1 saturated heterocycles. The van der Waals surface area contributed by atoms with Crippen molar-refractivity contribution in [2.45, 2.75) is 19.4 Å². The van der Waals surface area contributed by atoms with Gasteiger partial charge >= 0.3 is 0 Å². The van der Waals surface area contributed by atoms with Gasteiger partial charge in [-0.2, -0.15) is 5.26 Å². The number of halogens is 1. The molecule has 3 aromatic carbocycles. The Balaban J connectivity index is 1.86. The molecule has 7 heteroatoms. The minimum absolute atomic E-state index is 0.00101. The number of carbonyl (C=O) groups excluding carboxylic acids is 2. The van der Waals surface area contributed by atoms with Crippen molar-refractivity contribution in [3.63, 3.8) is 0 Å². The number of benzene rings is 3. The van der Waals surface area contributed by atoms with Crippen LogP contribution in [-0.2, 0) is 9.59 Å². The highest BCUT2D eigenvalue weighted by molar-refractivity contribution is 9.10. The molecule has 4 rings (SSSR count). The SMILES string of the molecule is CCCOc1ccc(C2/C(=C(\O)c3ccc(Br)cc3)C(=O)C(=O)N2c2ccc(C#N)cc2)cc1. The number of amides is 1. The van der Waals surface area contributed by atoms with E-state index in [0.29, 0.717) is 34.7 Å². The van der Waals surface area contributed by atoms with Crippen LogP contribution in [0.15, 0.2) is 82.8 Å². The summed E-state index contributed by atoms with van der Waals surface area (Å²) in [4.78, 5) is 27.7. The van der Waals surface area contributed by atoms with Crippen LogP contribution in [0.1, 0.15) is 36.1 Å². The lowest BCUT2D eigenvalue weighted by atomic mass is 9.95. The summed E-state index contributed by atoms with van der Waals surface area (Å²) in [6.45, 7) is 2.59. The Morgan fingerprint density at radius 3 is 2.26 bits per heavy atom. The van der Waals surface area contributed by atoms with E-state index < -0.39 is 17.7 Å². The van der Waals surface area contributed by atoms with E-state index in [2.05, 4.69) is 15.9 Å². The van der Waals surface area contributed by atoms with Gasteiger partial charge in [-0.25, -0.2) is 0 Å². The molecule has 1 amide bonds. The summed E-state index contributed by atoms with van der Waals surface area (Å²) < 4.78 is 6.48. The van der Waals surface area contributed by atoms with E-state index in [1.54, 1.807) is 72.8 Å². The van der Waals surface area contributed by atoms with E-state index in [1.165, 1.54) is 4.90 Å². The highest BCUT2D eigenvalue weighted by Crippen LogP contribution is 2.42. The van der Waals surface area contributed by atoms with Crippen molar-refractivity contribution in [2.75, 3.05) is 11.5 Å². The number of hydrogen-bond donors (Lipinski definition) is 1. The second-order valence-corrected chi connectivity index (χ2v) is 8.67. The van der Waals surface area contributed by atoms with Gasteiger partial charge in [0.1, 0.15) is 11.5 Å². The normalized spacial score (nSPS) is 17.0. The number of nitriles is 1. The number of nitrogens with zero attached hydrogens (tertiary/aromatic N) is 2. The van der Waals surface area contributed by atoms with Crippen molar-refractivity contribution >= 4 is 39.1 Å². The lowest BCUT2D eigenvalue weighted by Gasteiger charge is -2.25. The van der Waals surface area contributed by atoms with Crippen LogP contribution in [0.2, 0.25) is 0 Å². The first kappa shape index (κ1) is 23.3. The number of carbonyl (C=O) groups is 2. The molecule has 1 aliphatic heterocycles. The molecule has 1 heterocycles. The standard InChI is InChI=1S/C27H21BrN2O4/c1-2-15-34-22-13-7-18(8-14-22)24-23(25(31)19-5-9-20(28)10-6-19)26(32)27(33)30(24)21-11-3-17(16-29)4-12-21/h3-14,24,31H,2,15H2,1H3/b25-23+. The smallest absolute Gasteiger partial charge is 0.300 e. The molecule has 1 N–H and O–H groups in total. The number of aliphatic hydroxyl groups is 1. The molecule has 170 valence electrons. The van der Waals surface area contributed by atoms with Crippen LogP contribution in [0.3, 0.4) is 0 Å². The summed E-state index contributed by atoms with van der Waals surface area (Å²) >= 11 is 3.36. The number of rotatable bonds is 6. The van der Waals surface area contributed by atoms with Gasteiger partial charge in [-0.05, 0) is 60.5 Å². The third kappa shape index (κ3) is 4.45. The number of ketones is 1. The predicted molar refractivity (Wildman–Crippen MR) is 132 cm³/mol. The Kier molecular flexibility index (Phi) is 6.80. The van der Waals surface area contributed by atoms with E-state index in [9.17, 15) is 14.7 Å². The summed E-state index contributed by atoms with van der Waals surface area (Å²) in [6.07, 6.45) is 0.869. The molecule has 0 spiro atoms. The summed E-state index contributed by atoms with van der Waals surface area (Å²) in [5, 5.41) is 20.3. The van der Waals surface area contributed by atoms with Gasteiger partial charge in [0.2, 0.25) is 0 Å². The summed E-state index contributed by atoms with van der Waals surface area (Å²) in [5.74, 6) is -1.10. The van der Waals surface area contributed by atoms with Crippen molar-refractivity contribution in [1.29, 1.82) is 5.26 Å². The van der Waals surface area contributed by atoms with Crippen molar-refractivity contribution in [3.05, 3.63) is 99.5 Å². The fourth-order valence-electron chi connectivity index (χ4n) is 3.84. The summed E-state index contributed by atoms with van der Waals surface area (Å²) in [7, 11) is 0. The van der Waals surface area contributed by atoms with E-state index in [-0.39, 0.29) is 11.3 Å². The maximum absolute atomic E-state index is 13.2. The largest absolute Gasteiger partial charge is 0.507 e. The molecule has 6 nitrogen and oxygen atoms in total. The zero-order valence-electron chi connectivity index (χ0n) is 18.4. The van der Waals surface area contributed by atoms with Crippen LogP contribution in [0.5, 0.6) is 5.75 Å². The number of aliphatic hydroxyl groups excluding tert-OH is 1. The Morgan fingerprint density at radius 1 is 1.03 bits per heavy atom. The van der Waals surface area contributed by atoms with Crippen LogP contribution in [0.25, 0.3) is 5.76 Å². The Hall–Kier alpha value is -3.89. The second-order valence-electron chi connectivity index (χ2n) is 7.75. The van der Waals surface area contributed by atoms with Crippen molar-refractivity contribution in [2.24, 2.45) is 0 Å². The van der Waals surface area contributed by atoms with Crippen LogP contribution in [-0.4, -0.2) is 23.4 Å². The molecular weight excluding hydrogens is 496 g/mol. The van der Waals surface area contributed by atoms with Gasteiger partial charge < -0.3 is 9.84 Å². The third-order valence-electron chi connectivity index (χ3n) is 5.51. The highest BCUT2D eigenvalue weighted by atomic mass is 79.9. The number of hydrogen-bond acceptors (Lipinski definition) is 5. The molecule has 1 unspecified atom stereocenters. The van der Waals surface area contributed by atoms with Gasteiger partial charge in [0, 0.05) is 15.7 Å². The minimum Gasteiger partial charge on any atom is -0.507 e. The van der Waals surface area contributed by atoms with Crippen LogP contribution in [0, 0.1) is 11.3 Å². The molecule has 34 heavy (non-hydrogen) atoms. The van der Waals surface area contributed by atoms with Crippen LogP contribution >= 0.6 is 15.9 Å². The molecule has 0 aliphatic carbocycles. The van der Waals surface area contributed by atoms with Crippen LogP contribution < -0.4 is 9.64 Å². The van der Waals surface area contributed by atoms with Crippen LogP contribution in [0.4, 0.5) is 5.69 Å². The molecular formula is C27H21BrN2O4. The monoisotopic (exact) mass is 516 g/mol. The molecule has 0 radical (unpaired) electrons. The van der Waals surface area contributed by atoms with E-state index in [0.717, 1.165) is 10.9 Å². The van der Waals surface area contributed by atoms with Gasteiger partial charge in [0.05, 0.1) is 29.9 Å². The zero-order chi connectivity index (χ0) is 24.2. The average molecular weight is 517 g/mol. The number of anilines is 1. The Bertz CT molecular complexity index is 1290. The molecule has 1 fully saturated rings. The average Bonchev–Trinajstić information content (AvgIpc) is 3.13. The van der Waals surface area contributed by atoms with Crippen molar-refractivity contribution < 1.29 is 19.4 Å². The Morgan fingerprint density at radius 2 is 1.68 bits per heavy atom. The maximum Gasteiger partial charge on any atom is 0.300 e. The number of ether oxygens (including phenoxy) is 1. The van der Waals surface area contributed by atoms with E-state index >= 15 is 0 Å². The summed E-state index contributed by atoms with van der Waals surface area (Å²) in [6, 6.07) is 21.6. The summed E-state index contributed by atoms with van der Waals surface area (Å²) in [5.41, 5.74) is 1.95. The maximum atomic E-state index is 13.2. The van der Waals surface area contributed by atoms with E-state index in [1.807, 2.05) is 13.0 Å². The lowest BCUT2D eigenvalue weighted by molar-refractivity contribution is -0.132. The molecule has 0 saturated carbocycles. The molecule has 0 aromatic heterocycles. The zero-order valence-corrected chi connectivity index (χ0v) is 20.0. The molecule has 1 atom stereocenters. The van der Waals surface area contributed by atoms with E-state index in [4.69, 9.17) is 10.00 Å². The Labute approximate surface area is 205 Å². The third-order valence-corrected chi connectivity index (χ3v) is 6.03. The van der Waals surface area contributed by atoms with Crippen molar-refractivity contribution in [1.82, 2.24) is 0 Å². The van der Waals surface area contributed by atoms with Crippen molar-refractivity contribution in [3.8, 4) is 11.8 Å². The fourth-order valence-corrected chi connectivity index (χ4v) is 4.10. The van der Waals surface area contributed by atoms with Gasteiger partial charge in [0.25, 0.3) is 11.7 Å². The highest BCUT2D eigenvalue weighted by Gasteiger charge is 2.46. The first-order valence-electron chi connectivity index (χ1n) is 10.7. The first-order valence-corrected chi connectivity index (χ1v) is 11.5. The molecule has 3 aromatic rings. The second kappa shape index (κ2) is 9.94. The predicted octanol–water partition coefficient (Wildman–Crippen LogP) is 5.74. The minimum atomic E-state index is -0.850.